The van der Waals surface area contributed by atoms with Crippen molar-refractivity contribution in [1.29, 1.82) is 0 Å². The number of carbonyl (C=O) groups is 1. The van der Waals surface area contributed by atoms with Crippen molar-refractivity contribution in [1.82, 2.24) is 0 Å². The maximum absolute atomic E-state index is 11.7. The number of aryl methyl sites for hydroxylation is 1. The molecule has 0 spiro atoms. The molecule has 0 radical (unpaired) electrons. The van der Waals surface area contributed by atoms with Gasteiger partial charge in [0.1, 0.15) is 5.76 Å². The number of rotatable bonds is 1. The number of fused-ring (bicyclic) bond motifs is 1. The van der Waals surface area contributed by atoms with E-state index in [0.717, 1.165) is 0 Å². The molecule has 0 aliphatic rings. The number of methoxy groups -OCH3 is 1. The highest BCUT2D eigenvalue weighted by molar-refractivity contribution is 6.03. The maximum atomic E-state index is 11.7. The van der Waals surface area contributed by atoms with Crippen LogP contribution in [0.5, 0.6) is 0 Å². The molecular formula is C12H10O4. The zero-order chi connectivity index (χ0) is 11.7. The molecule has 0 saturated heterocycles. The zero-order valence-corrected chi connectivity index (χ0v) is 8.94. The van der Waals surface area contributed by atoms with E-state index in [1.807, 2.05) is 0 Å². The van der Waals surface area contributed by atoms with Gasteiger partial charge < -0.3 is 9.15 Å². The zero-order valence-electron chi connectivity index (χ0n) is 8.94. The SMILES string of the molecule is COC(=O)c1cccc2cc(C)oc(=O)c12. The van der Waals surface area contributed by atoms with Gasteiger partial charge in [-0.05, 0) is 24.4 Å². The van der Waals surface area contributed by atoms with E-state index in [-0.39, 0.29) is 10.9 Å². The molecule has 0 unspecified atom stereocenters. The van der Waals surface area contributed by atoms with E-state index in [9.17, 15) is 9.59 Å². The Kier molecular flexibility index (Phi) is 2.48. The van der Waals surface area contributed by atoms with Crippen LogP contribution < -0.4 is 5.63 Å². The van der Waals surface area contributed by atoms with Gasteiger partial charge in [-0.2, -0.15) is 0 Å². The molecule has 2 rings (SSSR count). The predicted octanol–water partition coefficient (Wildman–Crippen LogP) is 1.89. The van der Waals surface area contributed by atoms with Crippen LogP contribution in [0.3, 0.4) is 0 Å². The Labute approximate surface area is 91.4 Å². The monoisotopic (exact) mass is 218 g/mol. The van der Waals surface area contributed by atoms with Crippen LogP contribution in [0.15, 0.2) is 33.5 Å². The molecule has 4 heteroatoms. The first-order valence-electron chi connectivity index (χ1n) is 4.75. The molecular weight excluding hydrogens is 208 g/mol. The Bertz CT molecular complexity index is 610. The Morgan fingerprint density at radius 1 is 1.38 bits per heavy atom. The van der Waals surface area contributed by atoms with Crippen molar-refractivity contribution in [3.05, 3.63) is 46.0 Å². The van der Waals surface area contributed by atoms with Crippen molar-refractivity contribution < 1.29 is 13.9 Å². The first-order chi connectivity index (χ1) is 7.63. The molecule has 82 valence electrons. The van der Waals surface area contributed by atoms with Gasteiger partial charge in [0.2, 0.25) is 0 Å². The third-order valence-electron chi connectivity index (χ3n) is 2.32. The van der Waals surface area contributed by atoms with E-state index >= 15 is 0 Å². The quantitative estimate of drug-likeness (QED) is 0.686. The first-order valence-corrected chi connectivity index (χ1v) is 4.75. The van der Waals surface area contributed by atoms with Crippen LogP contribution in [0.4, 0.5) is 0 Å². The second-order valence-corrected chi connectivity index (χ2v) is 3.41. The van der Waals surface area contributed by atoms with Crippen molar-refractivity contribution in [3.63, 3.8) is 0 Å². The molecule has 0 atom stereocenters. The van der Waals surface area contributed by atoms with Gasteiger partial charge in [-0.25, -0.2) is 9.59 Å². The summed E-state index contributed by atoms with van der Waals surface area (Å²) in [6, 6.07) is 6.71. The molecule has 0 aliphatic carbocycles. The fraction of sp³-hybridized carbons (Fsp3) is 0.167. The summed E-state index contributed by atoms with van der Waals surface area (Å²) in [6.45, 7) is 1.69. The molecule has 4 nitrogen and oxygen atoms in total. The van der Waals surface area contributed by atoms with Gasteiger partial charge in [-0.1, -0.05) is 12.1 Å². The van der Waals surface area contributed by atoms with Gasteiger partial charge in [-0.15, -0.1) is 0 Å². The number of ether oxygens (including phenoxy) is 1. The predicted molar refractivity (Wildman–Crippen MR) is 58.6 cm³/mol. The van der Waals surface area contributed by atoms with Crippen LogP contribution in [0, 0.1) is 6.92 Å². The minimum Gasteiger partial charge on any atom is -0.465 e. The summed E-state index contributed by atoms with van der Waals surface area (Å²) in [4.78, 5) is 23.1. The smallest absolute Gasteiger partial charge is 0.344 e. The second-order valence-electron chi connectivity index (χ2n) is 3.41. The highest BCUT2D eigenvalue weighted by atomic mass is 16.5. The molecule has 0 N–H and O–H groups in total. The molecule has 0 aliphatic heterocycles. The molecule has 0 saturated carbocycles. The summed E-state index contributed by atoms with van der Waals surface area (Å²) in [5.41, 5.74) is -0.287. The van der Waals surface area contributed by atoms with Gasteiger partial charge in [0, 0.05) is 0 Å². The lowest BCUT2D eigenvalue weighted by Gasteiger charge is -2.03. The van der Waals surface area contributed by atoms with Crippen molar-refractivity contribution in [2.75, 3.05) is 7.11 Å². The van der Waals surface area contributed by atoms with Crippen molar-refractivity contribution in [2.24, 2.45) is 0 Å². The largest absolute Gasteiger partial charge is 0.465 e. The summed E-state index contributed by atoms with van der Waals surface area (Å²) in [5.74, 6) is -0.0266. The van der Waals surface area contributed by atoms with E-state index < -0.39 is 11.6 Å². The van der Waals surface area contributed by atoms with Crippen molar-refractivity contribution in [3.8, 4) is 0 Å². The number of esters is 1. The van der Waals surface area contributed by atoms with Crippen LogP contribution >= 0.6 is 0 Å². The molecule has 2 aromatic rings. The Hall–Kier alpha value is -2.10. The standard InChI is InChI=1S/C12H10O4/c1-7-6-8-4-3-5-9(11(13)15-2)10(8)12(14)16-7/h3-6H,1-2H3. The van der Waals surface area contributed by atoms with Crippen LogP contribution in [-0.4, -0.2) is 13.1 Å². The Morgan fingerprint density at radius 3 is 2.81 bits per heavy atom. The van der Waals surface area contributed by atoms with Gasteiger partial charge in [0.05, 0.1) is 18.1 Å². The number of benzene rings is 1. The molecule has 1 aromatic heterocycles. The Morgan fingerprint density at radius 2 is 2.12 bits per heavy atom. The van der Waals surface area contributed by atoms with Crippen molar-refractivity contribution in [2.45, 2.75) is 6.92 Å². The Balaban J connectivity index is 2.87. The lowest BCUT2D eigenvalue weighted by molar-refractivity contribution is 0.0602. The molecule has 0 bridgehead atoms. The maximum Gasteiger partial charge on any atom is 0.344 e. The summed E-state index contributed by atoms with van der Waals surface area (Å²) in [6.07, 6.45) is 0. The van der Waals surface area contributed by atoms with E-state index in [1.165, 1.54) is 7.11 Å². The summed E-state index contributed by atoms with van der Waals surface area (Å²) in [5, 5.41) is 0.941. The van der Waals surface area contributed by atoms with Gasteiger partial charge >= 0.3 is 11.6 Å². The summed E-state index contributed by atoms with van der Waals surface area (Å²) in [7, 11) is 1.27. The van der Waals surface area contributed by atoms with Gasteiger partial charge in [-0.3, -0.25) is 0 Å². The van der Waals surface area contributed by atoms with Crippen molar-refractivity contribution >= 4 is 16.7 Å². The minimum absolute atomic E-state index is 0.230. The topological polar surface area (TPSA) is 56.5 Å². The lowest BCUT2D eigenvalue weighted by atomic mass is 10.1. The van der Waals surface area contributed by atoms with Crippen LogP contribution in [0.25, 0.3) is 10.8 Å². The number of hydrogen-bond donors (Lipinski definition) is 0. The van der Waals surface area contributed by atoms with E-state index in [1.54, 1.807) is 31.2 Å². The van der Waals surface area contributed by atoms with E-state index in [2.05, 4.69) is 4.74 Å². The normalized spacial score (nSPS) is 10.4. The average molecular weight is 218 g/mol. The fourth-order valence-electron chi connectivity index (χ4n) is 1.64. The third-order valence-corrected chi connectivity index (χ3v) is 2.32. The highest BCUT2D eigenvalue weighted by Crippen LogP contribution is 2.17. The second kappa shape index (κ2) is 3.81. The lowest BCUT2D eigenvalue weighted by Crippen LogP contribution is -2.09. The van der Waals surface area contributed by atoms with Crippen LogP contribution in [0.1, 0.15) is 16.1 Å². The first kappa shape index (κ1) is 10.4. The summed E-state index contributed by atoms with van der Waals surface area (Å²) < 4.78 is 9.57. The molecule has 0 amide bonds. The number of carbonyl (C=O) groups excluding carboxylic acids is 1. The summed E-state index contributed by atoms with van der Waals surface area (Å²) >= 11 is 0. The fourth-order valence-corrected chi connectivity index (χ4v) is 1.64. The van der Waals surface area contributed by atoms with Crippen LogP contribution in [-0.2, 0) is 4.74 Å². The van der Waals surface area contributed by atoms with E-state index in [0.29, 0.717) is 11.1 Å². The molecule has 16 heavy (non-hydrogen) atoms. The molecule has 0 fully saturated rings. The number of hydrogen-bond acceptors (Lipinski definition) is 4. The molecule has 1 heterocycles. The highest BCUT2D eigenvalue weighted by Gasteiger charge is 2.13. The average Bonchev–Trinajstić information content (AvgIpc) is 2.26. The van der Waals surface area contributed by atoms with E-state index in [4.69, 9.17) is 4.42 Å². The minimum atomic E-state index is -0.540. The van der Waals surface area contributed by atoms with Crippen LogP contribution in [0.2, 0.25) is 0 Å². The third kappa shape index (κ3) is 1.58. The molecule has 1 aromatic carbocycles. The van der Waals surface area contributed by atoms with Gasteiger partial charge in [0.25, 0.3) is 0 Å². The van der Waals surface area contributed by atoms with Gasteiger partial charge in [0.15, 0.2) is 0 Å².